The number of hydrogen-bond donors (Lipinski definition) is 0. The second kappa shape index (κ2) is 6.07. The van der Waals surface area contributed by atoms with Crippen LogP contribution < -0.4 is 4.90 Å². The molecule has 1 atom stereocenters. The van der Waals surface area contributed by atoms with Crippen molar-refractivity contribution in [1.29, 1.82) is 0 Å². The summed E-state index contributed by atoms with van der Waals surface area (Å²) in [5.41, 5.74) is -0.943. The van der Waals surface area contributed by atoms with Gasteiger partial charge >= 0.3 is 6.18 Å². The van der Waals surface area contributed by atoms with Crippen molar-refractivity contribution >= 4 is 21.7 Å². The molecule has 2 heterocycles. The maximum Gasteiger partial charge on any atom is 0.435 e. The minimum atomic E-state index is -4.43. The van der Waals surface area contributed by atoms with Crippen LogP contribution in [-0.4, -0.2) is 28.1 Å². The van der Waals surface area contributed by atoms with E-state index in [4.69, 9.17) is 0 Å². The van der Waals surface area contributed by atoms with Gasteiger partial charge < -0.3 is 4.90 Å². The highest BCUT2D eigenvalue weighted by Gasteiger charge is 2.33. The van der Waals surface area contributed by atoms with Crippen molar-refractivity contribution in [3.63, 3.8) is 0 Å². The van der Waals surface area contributed by atoms with E-state index in [0.29, 0.717) is 5.82 Å². The highest BCUT2D eigenvalue weighted by Crippen LogP contribution is 2.29. The summed E-state index contributed by atoms with van der Waals surface area (Å²) in [7, 11) is 0. The van der Waals surface area contributed by atoms with Gasteiger partial charge in [-0.25, -0.2) is 0 Å². The summed E-state index contributed by atoms with van der Waals surface area (Å²) in [4.78, 5) is 2.05. The first-order chi connectivity index (χ1) is 9.02. The molecule has 1 aliphatic rings. The number of anilines is 1. The Morgan fingerprint density at radius 3 is 2.58 bits per heavy atom. The number of rotatable bonds is 2. The zero-order valence-corrected chi connectivity index (χ0v) is 11.9. The lowest BCUT2D eigenvalue weighted by atomic mass is 10.1. The fourth-order valence-corrected chi connectivity index (χ4v) is 2.94. The van der Waals surface area contributed by atoms with Gasteiger partial charge in [0.05, 0.1) is 0 Å². The summed E-state index contributed by atoms with van der Waals surface area (Å²) in [6, 6.07) is 2.68. The first-order valence-electron chi connectivity index (χ1n) is 6.26. The third-order valence-corrected chi connectivity index (χ3v) is 4.04. The Balaban J connectivity index is 2.19. The van der Waals surface area contributed by atoms with Gasteiger partial charge in [-0.15, -0.1) is 10.2 Å². The topological polar surface area (TPSA) is 29.0 Å². The fourth-order valence-electron chi connectivity index (χ4n) is 2.27. The van der Waals surface area contributed by atoms with Gasteiger partial charge in [0.2, 0.25) is 0 Å². The highest BCUT2D eigenvalue weighted by molar-refractivity contribution is 9.09. The van der Waals surface area contributed by atoms with Gasteiger partial charge in [-0.3, -0.25) is 0 Å². The van der Waals surface area contributed by atoms with Crippen molar-refractivity contribution in [2.75, 3.05) is 16.8 Å². The average Bonchev–Trinajstić information content (AvgIpc) is 2.62. The van der Waals surface area contributed by atoms with E-state index in [-0.39, 0.29) is 6.04 Å². The largest absolute Gasteiger partial charge is 0.435 e. The Labute approximate surface area is 118 Å². The molecule has 1 aromatic rings. The van der Waals surface area contributed by atoms with E-state index in [1.807, 2.05) is 0 Å². The van der Waals surface area contributed by atoms with Crippen molar-refractivity contribution in [3.8, 4) is 0 Å². The Bertz CT molecular complexity index is 408. The number of aromatic nitrogens is 2. The summed E-state index contributed by atoms with van der Waals surface area (Å²) in [5.74, 6) is 0.527. The molecule has 1 aromatic heterocycles. The molecule has 1 unspecified atom stereocenters. The molecule has 0 radical (unpaired) electrons. The summed E-state index contributed by atoms with van der Waals surface area (Å²) < 4.78 is 37.3. The van der Waals surface area contributed by atoms with Gasteiger partial charge in [0.1, 0.15) is 0 Å². The zero-order valence-electron chi connectivity index (χ0n) is 10.3. The molecular formula is C12H15BrF3N3. The first-order valence-corrected chi connectivity index (χ1v) is 7.38. The summed E-state index contributed by atoms with van der Waals surface area (Å²) in [5, 5.41) is 7.82. The quantitative estimate of drug-likeness (QED) is 0.771. The van der Waals surface area contributed by atoms with E-state index in [1.54, 1.807) is 0 Å². The Hall–Kier alpha value is -0.850. The highest BCUT2D eigenvalue weighted by atomic mass is 79.9. The van der Waals surface area contributed by atoms with E-state index in [0.717, 1.165) is 43.6 Å². The number of hydrogen-bond acceptors (Lipinski definition) is 3. The minimum absolute atomic E-state index is 0.272. The van der Waals surface area contributed by atoms with Gasteiger partial charge in [0.15, 0.2) is 11.5 Å². The van der Waals surface area contributed by atoms with Crippen LogP contribution in [0.4, 0.5) is 19.0 Å². The lowest BCUT2D eigenvalue weighted by Gasteiger charge is -2.29. The summed E-state index contributed by atoms with van der Waals surface area (Å²) in [6.07, 6.45) is -0.0891. The van der Waals surface area contributed by atoms with Crippen LogP contribution in [0.5, 0.6) is 0 Å². The molecule has 0 spiro atoms. The fraction of sp³-hybridized carbons (Fsp3) is 0.667. The molecular weight excluding hydrogens is 323 g/mol. The number of halogens is 4. The zero-order chi connectivity index (χ0) is 13.9. The predicted octanol–water partition coefficient (Wildman–Crippen LogP) is 3.64. The van der Waals surface area contributed by atoms with E-state index in [9.17, 15) is 13.2 Å². The molecule has 7 heteroatoms. The second-order valence-electron chi connectivity index (χ2n) is 4.63. The van der Waals surface area contributed by atoms with Crippen LogP contribution in [-0.2, 0) is 6.18 Å². The van der Waals surface area contributed by atoms with Crippen LogP contribution in [0.15, 0.2) is 12.1 Å². The monoisotopic (exact) mass is 337 g/mol. The van der Waals surface area contributed by atoms with Gasteiger partial charge in [-0.05, 0) is 25.0 Å². The Morgan fingerprint density at radius 2 is 2.00 bits per heavy atom. The van der Waals surface area contributed by atoms with Crippen molar-refractivity contribution < 1.29 is 13.2 Å². The van der Waals surface area contributed by atoms with Crippen LogP contribution >= 0.6 is 15.9 Å². The lowest BCUT2D eigenvalue weighted by molar-refractivity contribution is -0.141. The molecule has 0 aliphatic carbocycles. The van der Waals surface area contributed by atoms with E-state index < -0.39 is 11.9 Å². The smallest absolute Gasteiger partial charge is 0.351 e. The molecule has 1 fully saturated rings. The molecule has 0 bridgehead atoms. The van der Waals surface area contributed by atoms with Crippen LogP contribution in [0.1, 0.15) is 31.4 Å². The van der Waals surface area contributed by atoms with E-state index in [1.165, 1.54) is 6.07 Å². The first kappa shape index (κ1) is 14.6. The lowest BCUT2D eigenvalue weighted by Crippen LogP contribution is -2.37. The molecule has 106 valence electrons. The Kier molecular flexibility index (Phi) is 4.65. The normalized spacial score (nSPS) is 21.3. The maximum absolute atomic E-state index is 12.4. The summed E-state index contributed by atoms with van der Waals surface area (Å²) in [6.45, 7) is 0.816. The second-order valence-corrected chi connectivity index (χ2v) is 5.27. The van der Waals surface area contributed by atoms with Crippen LogP contribution in [0, 0.1) is 0 Å². The van der Waals surface area contributed by atoms with Gasteiger partial charge in [0, 0.05) is 17.9 Å². The van der Waals surface area contributed by atoms with Crippen LogP contribution in [0.3, 0.4) is 0 Å². The van der Waals surface area contributed by atoms with Gasteiger partial charge in [-0.1, -0.05) is 28.8 Å². The maximum atomic E-state index is 12.4. The van der Waals surface area contributed by atoms with Crippen LogP contribution in [0.25, 0.3) is 0 Å². The van der Waals surface area contributed by atoms with Gasteiger partial charge in [0.25, 0.3) is 0 Å². The van der Waals surface area contributed by atoms with E-state index >= 15 is 0 Å². The van der Waals surface area contributed by atoms with E-state index in [2.05, 4.69) is 31.0 Å². The van der Waals surface area contributed by atoms with Crippen molar-refractivity contribution in [2.24, 2.45) is 0 Å². The third-order valence-electron chi connectivity index (χ3n) is 3.29. The van der Waals surface area contributed by atoms with Crippen molar-refractivity contribution in [1.82, 2.24) is 10.2 Å². The Morgan fingerprint density at radius 1 is 1.21 bits per heavy atom. The number of alkyl halides is 4. The van der Waals surface area contributed by atoms with Crippen molar-refractivity contribution in [3.05, 3.63) is 17.8 Å². The average molecular weight is 338 g/mol. The molecule has 0 saturated carbocycles. The molecule has 19 heavy (non-hydrogen) atoms. The number of nitrogens with zero attached hydrogens (tertiary/aromatic N) is 3. The molecule has 1 aliphatic heterocycles. The van der Waals surface area contributed by atoms with Crippen LogP contribution in [0.2, 0.25) is 0 Å². The SMILES string of the molecule is FC(F)(F)c1ccc(N2CCCCCC2CBr)nn1. The molecule has 2 rings (SSSR count). The van der Waals surface area contributed by atoms with Gasteiger partial charge in [-0.2, -0.15) is 13.2 Å². The molecule has 0 amide bonds. The predicted molar refractivity (Wildman–Crippen MR) is 70.4 cm³/mol. The van der Waals surface area contributed by atoms with Crippen molar-refractivity contribution in [2.45, 2.75) is 37.9 Å². The standard InChI is InChI=1S/C12H15BrF3N3/c13-8-9-4-2-1-3-7-19(9)11-6-5-10(17-18-11)12(14,15)16/h5-6,9H,1-4,7-8H2. The third kappa shape index (κ3) is 3.58. The molecule has 3 nitrogen and oxygen atoms in total. The minimum Gasteiger partial charge on any atom is -0.351 e. The molecule has 0 aromatic carbocycles. The molecule has 0 N–H and O–H groups in total. The summed E-state index contributed by atoms with van der Waals surface area (Å²) >= 11 is 3.46. The molecule has 1 saturated heterocycles.